The smallest absolute Gasteiger partial charge is 0.328 e. The summed E-state index contributed by atoms with van der Waals surface area (Å²) in [6.07, 6.45) is -1.50. The van der Waals surface area contributed by atoms with Crippen LogP contribution < -0.4 is 0 Å². The third kappa shape index (κ3) is 7.29. The van der Waals surface area contributed by atoms with Crippen molar-refractivity contribution in [3.05, 3.63) is 0 Å². The third-order valence-electron chi connectivity index (χ3n) is 5.29. The van der Waals surface area contributed by atoms with Gasteiger partial charge in [-0.1, -0.05) is 13.8 Å². The Bertz CT molecular complexity index is 639. The van der Waals surface area contributed by atoms with Crippen LogP contribution in [0.15, 0.2) is 0 Å². The summed E-state index contributed by atoms with van der Waals surface area (Å²) in [6, 6.07) is 0. The first-order valence-electron chi connectivity index (χ1n) is 8.50. The Kier molecular flexibility index (Phi) is 8.90. The highest BCUT2D eigenvalue weighted by molar-refractivity contribution is 7.52. The van der Waals surface area contributed by atoms with Crippen LogP contribution >= 0.6 is 15.2 Å². The van der Waals surface area contributed by atoms with Gasteiger partial charge in [0.05, 0.1) is 22.1 Å². The van der Waals surface area contributed by atoms with E-state index in [1.54, 1.807) is 6.92 Å². The van der Waals surface area contributed by atoms with Gasteiger partial charge in [0.1, 0.15) is 0 Å². The van der Waals surface area contributed by atoms with E-state index in [4.69, 9.17) is 0 Å². The monoisotopic (exact) mass is 432 g/mol. The normalized spacial score (nSPS) is 19.6. The van der Waals surface area contributed by atoms with Crippen molar-refractivity contribution < 1.29 is 48.5 Å². The molecule has 0 aliphatic rings. The second kappa shape index (κ2) is 9.16. The van der Waals surface area contributed by atoms with Crippen molar-refractivity contribution in [2.75, 3.05) is 0 Å². The molecule has 27 heavy (non-hydrogen) atoms. The first-order chi connectivity index (χ1) is 11.9. The fourth-order valence-electron chi connectivity index (χ4n) is 3.01. The summed E-state index contributed by atoms with van der Waals surface area (Å²) in [7, 11) is -9.48. The van der Waals surface area contributed by atoms with Crippen molar-refractivity contribution in [2.24, 2.45) is 10.8 Å². The minimum absolute atomic E-state index is 0.0183. The fraction of sp³-hybridized carbons (Fsp3) is 0.867. The molecule has 4 unspecified atom stereocenters. The maximum Gasteiger partial charge on any atom is 0.328 e. The molecule has 0 rings (SSSR count). The van der Waals surface area contributed by atoms with Gasteiger partial charge in [-0.2, -0.15) is 0 Å². The largest absolute Gasteiger partial charge is 0.481 e. The molecule has 0 aliphatic heterocycles. The Morgan fingerprint density at radius 2 is 1.11 bits per heavy atom. The minimum Gasteiger partial charge on any atom is -0.481 e. The highest BCUT2D eigenvalue weighted by atomic mass is 31.2. The van der Waals surface area contributed by atoms with Crippen LogP contribution in [0.25, 0.3) is 0 Å². The van der Waals surface area contributed by atoms with E-state index in [1.165, 1.54) is 20.8 Å². The zero-order chi connectivity index (χ0) is 21.8. The SMILES string of the molecule is CCC(CC(C)(CC(CC(C)(CC)C(=O)O)P(=O)(O)O)C(=O)O)P(=O)(O)O. The Labute approximate surface area is 158 Å². The van der Waals surface area contributed by atoms with Crippen LogP contribution in [-0.2, 0) is 18.7 Å². The Morgan fingerprint density at radius 3 is 1.37 bits per heavy atom. The predicted molar refractivity (Wildman–Crippen MR) is 97.6 cm³/mol. The van der Waals surface area contributed by atoms with Gasteiger partial charge >= 0.3 is 27.1 Å². The summed E-state index contributed by atoms with van der Waals surface area (Å²) in [5.41, 5.74) is -6.18. The van der Waals surface area contributed by atoms with E-state index < -0.39 is 68.5 Å². The topological polar surface area (TPSA) is 190 Å². The molecule has 0 spiro atoms. The van der Waals surface area contributed by atoms with Gasteiger partial charge in [0.15, 0.2) is 0 Å². The van der Waals surface area contributed by atoms with E-state index in [9.17, 15) is 48.5 Å². The molecular formula is C15H30O10P2. The molecular weight excluding hydrogens is 402 g/mol. The summed E-state index contributed by atoms with van der Waals surface area (Å²) in [5.74, 6) is -2.72. The van der Waals surface area contributed by atoms with Gasteiger partial charge in [-0.15, -0.1) is 0 Å². The number of hydrogen-bond donors (Lipinski definition) is 6. The molecule has 0 radical (unpaired) electrons. The number of carbonyl (C=O) groups is 2. The van der Waals surface area contributed by atoms with E-state index in [0.717, 1.165) is 0 Å². The summed E-state index contributed by atoms with van der Waals surface area (Å²) in [4.78, 5) is 61.5. The van der Waals surface area contributed by atoms with E-state index in [2.05, 4.69) is 0 Å². The van der Waals surface area contributed by atoms with E-state index in [1.807, 2.05) is 0 Å². The maximum absolute atomic E-state index is 12.0. The Balaban J connectivity index is 5.94. The lowest BCUT2D eigenvalue weighted by Crippen LogP contribution is -2.38. The molecule has 10 nitrogen and oxygen atoms in total. The second-order valence-corrected chi connectivity index (χ2v) is 11.4. The van der Waals surface area contributed by atoms with Gasteiger partial charge < -0.3 is 29.8 Å². The van der Waals surface area contributed by atoms with Gasteiger partial charge in [-0.25, -0.2) is 0 Å². The summed E-state index contributed by atoms with van der Waals surface area (Å²) in [6.45, 7) is 5.51. The van der Waals surface area contributed by atoms with Crippen molar-refractivity contribution in [3.8, 4) is 0 Å². The van der Waals surface area contributed by atoms with Crippen molar-refractivity contribution in [3.63, 3.8) is 0 Å². The molecule has 0 amide bonds. The van der Waals surface area contributed by atoms with E-state index in [-0.39, 0.29) is 12.8 Å². The molecule has 0 aromatic carbocycles. The molecule has 6 N–H and O–H groups in total. The number of carboxylic acids is 2. The lowest BCUT2D eigenvalue weighted by Gasteiger charge is -2.35. The maximum atomic E-state index is 12.0. The molecule has 0 aliphatic carbocycles. The Morgan fingerprint density at radius 1 is 0.778 bits per heavy atom. The van der Waals surface area contributed by atoms with Crippen LogP contribution in [0.1, 0.15) is 59.8 Å². The lowest BCUT2D eigenvalue weighted by molar-refractivity contribution is -0.149. The molecule has 0 bridgehead atoms. The molecule has 0 saturated heterocycles. The van der Waals surface area contributed by atoms with Crippen LogP contribution in [0.2, 0.25) is 0 Å². The molecule has 0 saturated carbocycles. The van der Waals surface area contributed by atoms with Crippen LogP contribution in [0.5, 0.6) is 0 Å². The Hall–Kier alpha value is -0.760. The van der Waals surface area contributed by atoms with Gasteiger partial charge in [-0.05, 0) is 46.0 Å². The quantitative estimate of drug-likeness (QED) is 0.249. The van der Waals surface area contributed by atoms with Crippen molar-refractivity contribution in [1.82, 2.24) is 0 Å². The average Bonchev–Trinajstić information content (AvgIpc) is 2.49. The molecule has 4 atom stereocenters. The van der Waals surface area contributed by atoms with Gasteiger partial charge in [-0.3, -0.25) is 18.7 Å². The zero-order valence-electron chi connectivity index (χ0n) is 15.9. The number of hydrogen-bond acceptors (Lipinski definition) is 4. The summed E-state index contributed by atoms with van der Waals surface area (Å²) in [5, 5.41) is 19.0. The van der Waals surface area contributed by atoms with Crippen molar-refractivity contribution in [1.29, 1.82) is 0 Å². The summed E-state index contributed by atoms with van der Waals surface area (Å²) >= 11 is 0. The third-order valence-corrected chi connectivity index (χ3v) is 8.11. The molecule has 0 fully saturated rings. The van der Waals surface area contributed by atoms with Crippen molar-refractivity contribution >= 4 is 27.1 Å². The second-order valence-electron chi connectivity index (χ2n) is 7.59. The van der Waals surface area contributed by atoms with E-state index in [0.29, 0.717) is 0 Å². The number of aliphatic carboxylic acids is 2. The molecule has 0 aromatic heterocycles. The minimum atomic E-state index is -4.87. The zero-order valence-corrected chi connectivity index (χ0v) is 17.7. The fourth-order valence-corrected chi connectivity index (χ4v) is 5.41. The number of carboxylic acid groups (broad SMARTS) is 2. The molecule has 0 aromatic rings. The molecule has 0 heterocycles. The highest BCUT2D eigenvalue weighted by Gasteiger charge is 2.48. The van der Waals surface area contributed by atoms with Crippen LogP contribution in [-0.4, -0.2) is 53.0 Å². The first-order valence-corrected chi connectivity index (χ1v) is 11.9. The van der Waals surface area contributed by atoms with Gasteiger partial charge in [0.2, 0.25) is 0 Å². The molecule has 12 heteroatoms. The standard InChI is InChI=1S/C15H30O10P2/c1-5-10(26(20,21)22)7-15(4,13(18)19)9-11(27(23,24)25)8-14(3,6-2)12(16)17/h10-11H,5-9H2,1-4H3,(H,16,17)(H,18,19)(H2,20,21,22)(H2,23,24,25). The summed E-state index contributed by atoms with van der Waals surface area (Å²) < 4.78 is 23.5. The predicted octanol–water partition coefficient (Wildman–Crippen LogP) is 2.25. The van der Waals surface area contributed by atoms with E-state index >= 15 is 0 Å². The van der Waals surface area contributed by atoms with Gasteiger partial charge in [0.25, 0.3) is 0 Å². The van der Waals surface area contributed by atoms with Crippen LogP contribution in [0, 0.1) is 10.8 Å². The molecule has 160 valence electrons. The van der Waals surface area contributed by atoms with Crippen molar-refractivity contribution in [2.45, 2.75) is 71.1 Å². The van der Waals surface area contributed by atoms with Gasteiger partial charge in [0, 0.05) is 0 Å². The lowest BCUT2D eigenvalue weighted by atomic mass is 9.75. The number of rotatable bonds is 12. The average molecular weight is 432 g/mol. The van der Waals surface area contributed by atoms with Crippen LogP contribution in [0.3, 0.4) is 0 Å². The highest BCUT2D eigenvalue weighted by Crippen LogP contribution is 2.54. The van der Waals surface area contributed by atoms with Crippen LogP contribution in [0.4, 0.5) is 0 Å². The first kappa shape index (κ1) is 26.2.